The highest BCUT2D eigenvalue weighted by Crippen LogP contribution is 2.49. The van der Waals surface area contributed by atoms with Crippen molar-refractivity contribution >= 4 is 23.4 Å². The Bertz CT molecular complexity index is 573. The lowest BCUT2D eigenvalue weighted by Gasteiger charge is -2.34. The van der Waals surface area contributed by atoms with E-state index in [0.29, 0.717) is 11.6 Å². The van der Waals surface area contributed by atoms with Gasteiger partial charge in [0, 0.05) is 24.5 Å². The third kappa shape index (κ3) is 2.98. The SMILES string of the molecule is CNC(=O)C1CCCCN1C(=O)C1CC1c1ccc(Cl)cc1. The molecule has 1 heterocycles. The zero-order valence-corrected chi connectivity index (χ0v) is 13.5. The molecule has 3 rings (SSSR count). The summed E-state index contributed by atoms with van der Waals surface area (Å²) in [7, 11) is 1.63. The minimum atomic E-state index is -0.294. The summed E-state index contributed by atoms with van der Waals surface area (Å²) in [5, 5.41) is 3.39. The van der Waals surface area contributed by atoms with Gasteiger partial charge in [0.2, 0.25) is 11.8 Å². The number of amides is 2. The maximum absolute atomic E-state index is 12.8. The van der Waals surface area contributed by atoms with Crippen LogP contribution in [-0.2, 0) is 9.59 Å². The predicted molar refractivity (Wildman–Crippen MR) is 85.7 cm³/mol. The van der Waals surface area contributed by atoms with Gasteiger partial charge in [0.25, 0.3) is 0 Å². The molecule has 4 nitrogen and oxygen atoms in total. The molecule has 1 aliphatic carbocycles. The molecule has 22 heavy (non-hydrogen) atoms. The second-order valence-corrected chi connectivity index (χ2v) is 6.59. The molecule has 3 atom stereocenters. The number of likely N-dealkylation sites (tertiary alicyclic amines) is 1. The van der Waals surface area contributed by atoms with E-state index in [0.717, 1.165) is 31.2 Å². The van der Waals surface area contributed by atoms with E-state index in [1.165, 1.54) is 0 Å². The highest BCUT2D eigenvalue weighted by Gasteiger charge is 2.47. The van der Waals surface area contributed by atoms with E-state index < -0.39 is 0 Å². The minimum Gasteiger partial charge on any atom is -0.357 e. The van der Waals surface area contributed by atoms with Gasteiger partial charge in [-0.05, 0) is 49.3 Å². The van der Waals surface area contributed by atoms with Crippen molar-refractivity contribution in [2.75, 3.05) is 13.6 Å². The predicted octanol–water partition coefficient (Wildman–Crippen LogP) is 2.57. The summed E-state index contributed by atoms with van der Waals surface area (Å²) >= 11 is 5.91. The fraction of sp³-hybridized carbons (Fsp3) is 0.529. The van der Waals surface area contributed by atoms with Crippen LogP contribution in [0.4, 0.5) is 0 Å². The van der Waals surface area contributed by atoms with Crippen LogP contribution < -0.4 is 5.32 Å². The molecule has 118 valence electrons. The molecule has 1 aromatic rings. The Morgan fingerprint density at radius 2 is 1.95 bits per heavy atom. The summed E-state index contributed by atoms with van der Waals surface area (Å²) in [5.41, 5.74) is 1.16. The molecule has 0 radical (unpaired) electrons. The molecular formula is C17H21ClN2O2. The van der Waals surface area contributed by atoms with Crippen molar-refractivity contribution in [3.8, 4) is 0 Å². The number of likely N-dealkylation sites (N-methyl/N-ethyl adjacent to an activating group) is 1. The maximum atomic E-state index is 12.8. The summed E-state index contributed by atoms with van der Waals surface area (Å²) in [6.45, 7) is 0.695. The minimum absolute atomic E-state index is 0.0198. The molecule has 1 saturated heterocycles. The Morgan fingerprint density at radius 1 is 1.23 bits per heavy atom. The van der Waals surface area contributed by atoms with Gasteiger partial charge in [0.15, 0.2) is 0 Å². The number of carbonyl (C=O) groups excluding carboxylic acids is 2. The van der Waals surface area contributed by atoms with Crippen molar-refractivity contribution in [3.63, 3.8) is 0 Å². The lowest BCUT2D eigenvalue weighted by Crippen LogP contribution is -2.51. The van der Waals surface area contributed by atoms with E-state index in [2.05, 4.69) is 5.32 Å². The third-order valence-electron chi connectivity index (χ3n) is 4.74. The molecule has 1 aliphatic heterocycles. The standard InChI is InChI=1S/C17H21ClN2O2/c1-19-16(21)15-4-2-3-9-20(15)17(22)14-10-13(14)11-5-7-12(18)8-6-11/h5-8,13-15H,2-4,9-10H2,1H3,(H,19,21). The Labute approximate surface area is 135 Å². The van der Waals surface area contributed by atoms with Crippen LogP contribution >= 0.6 is 11.6 Å². The number of nitrogens with zero attached hydrogens (tertiary/aromatic N) is 1. The van der Waals surface area contributed by atoms with Crippen molar-refractivity contribution in [2.45, 2.75) is 37.6 Å². The highest BCUT2D eigenvalue weighted by molar-refractivity contribution is 6.30. The molecule has 2 aliphatic rings. The van der Waals surface area contributed by atoms with Gasteiger partial charge in [-0.25, -0.2) is 0 Å². The zero-order valence-electron chi connectivity index (χ0n) is 12.7. The smallest absolute Gasteiger partial charge is 0.242 e. The molecule has 0 aromatic heterocycles. The number of nitrogens with one attached hydrogen (secondary N) is 1. The normalized spacial score (nSPS) is 27.4. The van der Waals surface area contributed by atoms with Gasteiger partial charge in [-0.2, -0.15) is 0 Å². The fourth-order valence-electron chi connectivity index (χ4n) is 3.39. The van der Waals surface area contributed by atoms with E-state index in [1.807, 2.05) is 24.3 Å². The molecule has 2 fully saturated rings. The zero-order chi connectivity index (χ0) is 15.7. The number of carbonyl (C=O) groups is 2. The van der Waals surface area contributed by atoms with Crippen LogP contribution in [0.2, 0.25) is 5.02 Å². The summed E-state index contributed by atoms with van der Waals surface area (Å²) in [6.07, 6.45) is 3.63. The first-order chi connectivity index (χ1) is 10.6. The summed E-state index contributed by atoms with van der Waals surface area (Å²) in [6, 6.07) is 7.42. The molecule has 0 bridgehead atoms. The quantitative estimate of drug-likeness (QED) is 0.930. The highest BCUT2D eigenvalue weighted by atomic mass is 35.5. The summed E-state index contributed by atoms with van der Waals surface area (Å²) in [4.78, 5) is 26.6. The first kappa shape index (κ1) is 15.3. The topological polar surface area (TPSA) is 49.4 Å². The Balaban J connectivity index is 1.69. The lowest BCUT2D eigenvalue weighted by molar-refractivity contribution is -0.143. The van der Waals surface area contributed by atoms with E-state index in [1.54, 1.807) is 11.9 Å². The van der Waals surface area contributed by atoms with Gasteiger partial charge in [-0.15, -0.1) is 0 Å². The second kappa shape index (κ2) is 6.29. The number of halogens is 1. The van der Waals surface area contributed by atoms with Crippen LogP contribution in [0.1, 0.15) is 37.2 Å². The molecule has 2 amide bonds. The van der Waals surface area contributed by atoms with Crippen LogP contribution in [-0.4, -0.2) is 36.3 Å². The molecule has 0 spiro atoms. The molecule has 1 N–H and O–H groups in total. The fourth-order valence-corrected chi connectivity index (χ4v) is 3.52. The van der Waals surface area contributed by atoms with Crippen molar-refractivity contribution in [1.82, 2.24) is 10.2 Å². The Hall–Kier alpha value is -1.55. The van der Waals surface area contributed by atoms with E-state index in [4.69, 9.17) is 11.6 Å². The van der Waals surface area contributed by atoms with E-state index >= 15 is 0 Å². The van der Waals surface area contributed by atoms with Crippen molar-refractivity contribution in [1.29, 1.82) is 0 Å². The molecule has 1 saturated carbocycles. The largest absolute Gasteiger partial charge is 0.357 e. The van der Waals surface area contributed by atoms with Crippen LogP contribution in [0.3, 0.4) is 0 Å². The van der Waals surface area contributed by atoms with Crippen LogP contribution in [0.25, 0.3) is 0 Å². The number of rotatable bonds is 3. The van der Waals surface area contributed by atoms with Crippen molar-refractivity contribution in [2.24, 2.45) is 5.92 Å². The van der Waals surface area contributed by atoms with Gasteiger partial charge in [-0.1, -0.05) is 23.7 Å². The van der Waals surface area contributed by atoms with Gasteiger partial charge < -0.3 is 10.2 Å². The number of hydrogen-bond donors (Lipinski definition) is 1. The van der Waals surface area contributed by atoms with Crippen LogP contribution in [0.15, 0.2) is 24.3 Å². The number of hydrogen-bond acceptors (Lipinski definition) is 2. The number of piperidine rings is 1. The second-order valence-electron chi connectivity index (χ2n) is 6.16. The molecule has 5 heteroatoms. The van der Waals surface area contributed by atoms with Gasteiger partial charge in [0.05, 0.1) is 0 Å². The third-order valence-corrected chi connectivity index (χ3v) is 4.99. The first-order valence-corrected chi connectivity index (χ1v) is 8.27. The van der Waals surface area contributed by atoms with Crippen molar-refractivity contribution in [3.05, 3.63) is 34.9 Å². The Kier molecular flexibility index (Phi) is 4.39. The average molecular weight is 321 g/mol. The van der Waals surface area contributed by atoms with Gasteiger partial charge >= 0.3 is 0 Å². The van der Waals surface area contributed by atoms with E-state index in [-0.39, 0.29) is 29.7 Å². The molecule has 3 unspecified atom stereocenters. The summed E-state index contributed by atoms with van der Waals surface area (Å²) < 4.78 is 0. The van der Waals surface area contributed by atoms with Crippen molar-refractivity contribution < 1.29 is 9.59 Å². The first-order valence-electron chi connectivity index (χ1n) is 7.89. The summed E-state index contributed by atoms with van der Waals surface area (Å²) in [5.74, 6) is 0.383. The van der Waals surface area contributed by atoms with E-state index in [9.17, 15) is 9.59 Å². The monoisotopic (exact) mass is 320 g/mol. The Morgan fingerprint density at radius 3 is 2.64 bits per heavy atom. The number of benzene rings is 1. The van der Waals surface area contributed by atoms with Crippen LogP contribution in [0, 0.1) is 5.92 Å². The lowest BCUT2D eigenvalue weighted by atomic mass is 10.00. The molecule has 1 aromatic carbocycles. The van der Waals surface area contributed by atoms with Gasteiger partial charge in [0.1, 0.15) is 6.04 Å². The maximum Gasteiger partial charge on any atom is 0.242 e. The van der Waals surface area contributed by atoms with Crippen LogP contribution in [0.5, 0.6) is 0 Å². The average Bonchev–Trinajstić information content (AvgIpc) is 3.34. The van der Waals surface area contributed by atoms with Gasteiger partial charge in [-0.3, -0.25) is 9.59 Å². The molecular weight excluding hydrogens is 300 g/mol.